The van der Waals surface area contributed by atoms with Gasteiger partial charge >= 0.3 is 0 Å². The van der Waals surface area contributed by atoms with E-state index in [1.54, 1.807) is 17.8 Å². The van der Waals surface area contributed by atoms with Crippen LogP contribution in [0.3, 0.4) is 0 Å². The van der Waals surface area contributed by atoms with Gasteiger partial charge < -0.3 is 11.5 Å². The van der Waals surface area contributed by atoms with Crippen LogP contribution in [0.4, 0.5) is 5.69 Å². The number of hydrogen-bond donors (Lipinski definition) is 2. The van der Waals surface area contributed by atoms with Crippen molar-refractivity contribution in [2.45, 2.75) is 16.2 Å². The summed E-state index contributed by atoms with van der Waals surface area (Å²) in [5.41, 5.74) is 12.5. The summed E-state index contributed by atoms with van der Waals surface area (Å²) in [6.07, 6.45) is 0.209. The molecule has 0 atom stereocenters. The van der Waals surface area contributed by atoms with Crippen LogP contribution in [-0.2, 0) is 11.2 Å². The lowest BCUT2D eigenvalue weighted by atomic mass is 10.1. The summed E-state index contributed by atoms with van der Waals surface area (Å²) >= 11 is 1.60. The molecular weight excluding hydrogens is 244 g/mol. The average molecular weight is 258 g/mol. The standard InChI is InChI=1S/C14H14N2OS/c15-11-6-7-13(10(8-11)9-14(16)17)18-12-4-2-1-3-5-12/h1-8H,9,15H2,(H2,16,17). The van der Waals surface area contributed by atoms with Gasteiger partial charge in [0.1, 0.15) is 0 Å². The molecule has 0 fully saturated rings. The number of carbonyl (C=O) groups excluding carboxylic acids is 1. The summed E-state index contributed by atoms with van der Waals surface area (Å²) in [7, 11) is 0. The highest BCUT2D eigenvalue weighted by molar-refractivity contribution is 7.99. The van der Waals surface area contributed by atoms with Crippen LogP contribution in [0.5, 0.6) is 0 Å². The third-order valence-corrected chi connectivity index (χ3v) is 3.55. The van der Waals surface area contributed by atoms with Crippen molar-refractivity contribution in [1.29, 1.82) is 0 Å². The van der Waals surface area contributed by atoms with Crippen molar-refractivity contribution in [2.24, 2.45) is 5.73 Å². The molecule has 1 amide bonds. The zero-order valence-electron chi connectivity index (χ0n) is 9.80. The minimum absolute atomic E-state index is 0.209. The maximum Gasteiger partial charge on any atom is 0.221 e. The second kappa shape index (κ2) is 5.60. The Kier molecular flexibility index (Phi) is 3.89. The third kappa shape index (κ3) is 3.28. The summed E-state index contributed by atoms with van der Waals surface area (Å²) in [5, 5.41) is 0. The molecule has 0 aliphatic heterocycles. The van der Waals surface area contributed by atoms with Gasteiger partial charge in [-0.3, -0.25) is 4.79 Å². The van der Waals surface area contributed by atoms with E-state index in [1.165, 1.54) is 0 Å². The smallest absolute Gasteiger partial charge is 0.221 e. The third-order valence-electron chi connectivity index (χ3n) is 2.42. The molecule has 4 heteroatoms. The zero-order chi connectivity index (χ0) is 13.0. The quantitative estimate of drug-likeness (QED) is 0.828. The molecule has 2 rings (SSSR count). The van der Waals surface area contributed by atoms with Gasteiger partial charge in [0, 0.05) is 15.5 Å². The predicted octanol–water partition coefficient (Wildman–Crippen LogP) is 2.45. The fourth-order valence-corrected chi connectivity index (χ4v) is 2.59. The van der Waals surface area contributed by atoms with Crippen LogP contribution in [0.25, 0.3) is 0 Å². The first-order valence-corrected chi connectivity index (χ1v) is 6.36. The van der Waals surface area contributed by atoms with Crippen molar-refractivity contribution in [3.8, 4) is 0 Å². The summed E-state index contributed by atoms with van der Waals surface area (Å²) in [6, 6.07) is 15.5. The van der Waals surface area contributed by atoms with Gasteiger partial charge in [-0.05, 0) is 35.9 Å². The van der Waals surface area contributed by atoms with Crippen LogP contribution < -0.4 is 11.5 Å². The Morgan fingerprint density at radius 2 is 1.83 bits per heavy atom. The van der Waals surface area contributed by atoms with Gasteiger partial charge in [0.25, 0.3) is 0 Å². The number of primary amides is 1. The van der Waals surface area contributed by atoms with Crippen LogP contribution >= 0.6 is 11.8 Å². The highest BCUT2D eigenvalue weighted by Gasteiger charge is 2.07. The molecule has 2 aromatic rings. The Morgan fingerprint density at radius 1 is 1.11 bits per heavy atom. The van der Waals surface area contributed by atoms with E-state index in [4.69, 9.17) is 11.5 Å². The van der Waals surface area contributed by atoms with Crippen LogP contribution in [0.2, 0.25) is 0 Å². The minimum Gasteiger partial charge on any atom is -0.399 e. The van der Waals surface area contributed by atoms with Crippen LogP contribution in [0.1, 0.15) is 5.56 Å². The molecule has 0 aliphatic rings. The highest BCUT2D eigenvalue weighted by atomic mass is 32.2. The number of hydrogen-bond acceptors (Lipinski definition) is 3. The summed E-state index contributed by atoms with van der Waals surface area (Å²) in [6.45, 7) is 0. The molecule has 0 aliphatic carbocycles. The maximum absolute atomic E-state index is 11.1. The molecule has 0 saturated heterocycles. The number of nitrogen functional groups attached to an aromatic ring is 1. The largest absolute Gasteiger partial charge is 0.399 e. The second-order valence-electron chi connectivity index (χ2n) is 3.93. The minimum atomic E-state index is -0.351. The first kappa shape index (κ1) is 12.5. The fourth-order valence-electron chi connectivity index (χ4n) is 1.64. The fraction of sp³-hybridized carbons (Fsp3) is 0.0714. The lowest BCUT2D eigenvalue weighted by Crippen LogP contribution is -2.14. The van der Waals surface area contributed by atoms with E-state index in [0.717, 1.165) is 15.4 Å². The molecule has 3 nitrogen and oxygen atoms in total. The average Bonchev–Trinajstić information content (AvgIpc) is 2.33. The first-order valence-electron chi connectivity index (χ1n) is 5.55. The Labute approximate surface area is 110 Å². The monoisotopic (exact) mass is 258 g/mol. The van der Waals surface area contributed by atoms with Gasteiger partial charge in [-0.15, -0.1) is 0 Å². The lowest BCUT2D eigenvalue weighted by molar-refractivity contribution is -0.117. The molecule has 0 bridgehead atoms. The molecule has 0 saturated carbocycles. The Balaban J connectivity index is 2.29. The molecule has 2 aromatic carbocycles. The Bertz CT molecular complexity index is 555. The molecule has 0 radical (unpaired) electrons. The number of benzene rings is 2. The summed E-state index contributed by atoms with van der Waals surface area (Å²) in [5.74, 6) is -0.351. The lowest BCUT2D eigenvalue weighted by Gasteiger charge is -2.08. The van der Waals surface area contributed by atoms with Gasteiger partial charge in [-0.25, -0.2) is 0 Å². The van der Waals surface area contributed by atoms with E-state index in [-0.39, 0.29) is 12.3 Å². The second-order valence-corrected chi connectivity index (χ2v) is 5.04. The summed E-state index contributed by atoms with van der Waals surface area (Å²) in [4.78, 5) is 13.2. The normalized spacial score (nSPS) is 10.2. The SMILES string of the molecule is NC(=O)Cc1cc(N)ccc1Sc1ccccc1. The molecule has 92 valence electrons. The van der Waals surface area contributed by atoms with Crippen LogP contribution in [0.15, 0.2) is 58.3 Å². The predicted molar refractivity (Wildman–Crippen MR) is 74.3 cm³/mol. The van der Waals surface area contributed by atoms with Crippen molar-refractivity contribution < 1.29 is 4.79 Å². The van der Waals surface area contributed by atoms with Crippen LogP contribution in [-0.4, -0.2) is 5.91 Å². The van der Waals surface area contributed by atoms with Gasteiger partial charge in [-0.2, -0.15) is 0 Å². The van der Waals surface area contributed by atoms with Crippen LogP contribution in [0, 0.1) is 0 Å². The topological polar surface area (TPSA) is 69.1 Å². The highest BCUT2D eigenvalue weighted by Crippen LogP contribution is 2.31. The zero-order valence-corrected chi connectivity index (χ0v) is 10.6. The number of anilines is 1. The maximum atomic E-state index is 11.1. The van der Waals surface area contributed by atoms with Crippen molar-refractivity contribution in [3.05, 3.63) is 54.1 Å². The van der Waals surface area contributed by atoms with Crippen molar-refractivity contribution in [1.82, 2.24) is 0 Å². The summed E-state index contributed by atoms with van der Waals surface area (Å²) < 4.78 is 0. The van der Waals surface area contributed by atoms with Crippen molar-refractivity contribution in [2.75, 3.05) is 5.73 Å². The molecule has 0 unspecified atom stereocenters. The number of carbonyl (C=O) groups is 1. The van der Waals surface area contributed by atoms with E-state index < -0.39 is 0 Å². The Morgan fingerprint density at radius 3 is 2.50 bits per heavy atom. The molecule has 4 N–H and O–H groups in total. The van der Waals surface area contributed by atoms with E-state index >= 15 is 0 Å². The van der Waals surface area contributed by atoms with E-state index in [1.807, 2.05) is 42.5 Å². The number of amides is 1. The molecule has 0 heterocycles. The van der Waals surface area contributed by atoms with Gasteiger partial charge in [0.2, 0.25) is 5.91 Å². The molecule has 0 spiro atoms. The van der Waals surface area contributed by atoms with Gasteiger partial charge in [0.15, 0.2) is 0 Å². The van der Waals surface area contributed by atoms with Gasteiger partial charge in [0.05, 0.1) is 6.42 Å². The van der Waals surface area contributed by atoms with E-state index in [0.29, 0.717) is 5.69 Å². The first-order chi connectivity index (χ1) is 8.65. The molecule has 18 heavy (non-hydrogen) atoms. The molecule has 0 aromatic heterocycles. The van der Waals surface area contributed by atoms with Crippen molar-refractivity contribution >= 4 is 23.4 Å². The van der Waals surface area contributed by atoms with Crippen molar-refractivity contribution in [3.63, 3.8) is 0 Å². The molecular formula is C14H14N2OS. The number of rotatable bonds is 4. The Hall–Kier alpha value is -1.94. The number of nitrogens with two attached hydrogens (primary N) is 2. The van der Waals surface area contributed by atoms with E-state index in [2.05, 4.69) is 0 Å². The van der Waals surface area contributed by atoms with E-state index in [9.17, 15) is 4.79 Å². The van der Waals surface area contributed by atoms with Gasteiger partial charge in [-0.1, -0.05) is 30.0 Å².